The number of carbonyl (C=O) groups excluding carboxylic acids is 2. The number of phenols is 2. The predicted octanol–water partition coefficient (Wildman–Crippen LogP) is 3.85. The molecular formula is C19H22O7. The van der Waals surface area contributed by atoms with Gasteiger partial charge >= 0.3 is 6.16 Å². The number of ketones is 2. The van der Waals surface area contributed by atoms with Gasteiger partial charge in [-0.25, -0.2) is 4.79 Å². The Kier molecular flexibility index (Phi) is 7.58. The first-order valence-corrected chi connectivity index (χ1v) is 8.02. The zero-order chi connectivity index (χ0) is 19.9. The van der Waals surface area contributed by atoms with Crippen molar-refractivity contribution in [2.45, 2.75) is 33.6 Å². The van der Waals surface area contributed by atoms with Crippen LogP contribution in [0.4, 0.5) is 4.79 Å². The van der Waals surface area contributed by atoms with Crippen LogP contribution in [-0.4, -0.2) is 39.6 Å². The number of fused-ring (bicyclic) bond motifs is 1. The zero-order valence-corrected chi connectivity index (χ0v) is 14.9. The standard InChI is InChI=1S/C16H16O4.C3H6O3/c1-9(2)4-3-5-10-8-13(19)14-11(17)6-7-12(18)15(14)16(10)20;1-2-6-3(4)5/h4,6-8,17-18H,3,5H2,1-2H3;2H2,1H3,(H,4,5). The molecule has 1 aliphatic rings. The van der Waals surface area contributed by atoms with Crippen molar-refractivity contribution in [3.05, 3.63) is 46.6 Å². The summed E-state index contributed by atoms with van der Waals surface area (Å²) in [5.74, 6) is -1.39. The normalized spacial score (nSPS) is 12.3. The van der Waals surface area contributed by atoms with E-state index in [2.05, 4.69) is 4.74 Å². The van der Waals surface area contributed by atoms with Crippen molar-refractivity contribution in [3.8, 4) is 11.5 Å². The van der Waals surface area contributed by atoms with Crippen molar-refractivity contribution < 1.29 is 34.4 Å². The quantitative estimate of drug-likeness (QED) is 0.422. The van der Waals surface area contributed by atoms with Crippen molar-refractivity contribution in [1.29, 1.82) is 0 Å². The third-order valence-electron chi connectivity index (χ3n) is 3.47. The van der Waals surface area contributed by atoms with Crippen LogP contribution in [-0.2, 0) is 4.74 Å². The number of benzene rings is 1. The molecule has 7 heteroatoms. The molecule has 0 aliphatic heterocycles. The highest BCUT2D eigenvalue weighted by molar-refractivity contribution is 6.26. The Morgan fingerprint density at radius 2 is 1.69 bits per heavy atom. The minimum atomic E-state index is -1.21. The highest BCUT2D eigenvalue weighted by atomic mass is 16.7. The third kappa shape index (κ3) is 5.47. The maximum absolute atomic E-state index is 12.3. The fourth-order valence-corrected chi connectivity index (χ4v) is 2.34. The van der Waals surface area contributed by atoms with Gasteiger partial charge < -0.3 is 20.1 Å². The van der Waals surface area contributed by atoms with Gasteiger partial charge in [-0.05, 0) is 51.8 Å². The average Bonchev–Trinajstić information content (AvgIpc) is 2.54. The molecule has 0 atom stereocenters. The highest BCUT2D eigenvalue weighted by Gasteiger charge is 2.30. The lowest BCUT2D eigenvalue weighted by Gasteiger charge is -2.16. The van der Waals surface area contributed by atoms with E-state index in [1.807, 2.05) is 19.9 Å². The minimum absolute atomic E-state index is 0.0929. The van der Waals surface area contributed by atoms with Crippen molar-refractivity contribution in [1.82, 2.24) is 0 Å². The third-order valence-corrected chi connectivity index (χ3v) is 3.47. The van der Waals surface area contributed by atoms with Gasteiger partial charge in [0.2, 0.25) is 0 Å². The van der Waals surface area contributed by atoms with Crippen LogP contribution in [0.3, 0.4) is 0 Å². The van der Waals surface area contributed by atoms with E-state index in [-0.39, 0.29) is 29.2 Å². The van der Waals surface area contributed by atoms with Crippen LogP contribution in [0.2, 0.25) is 0 Å². The molecule has 0 amide bonds. The van der Waals surface area contributed by atoms with E-state index >= 15 is 0 Å². The summed E-state index contributed by atoms with van der Waals surface area (Å²) in [5, 5.41) is 27.1. The molecule has 0 heterocycles. The second-order valence-corrected chi connectivity index (χ2v) is 5.74. The molecule has 0 saturated heterocycles. The van der Waals surface area contributed by atoms with E-state index < -0.39 is 17.7 Å². The number of allylic oxidation sites excluding steroid dienone is 4. The van der Waals surface area contributed by atoms with E-state index in [1.54, 1.807) is 6.92 Å². The second-order valence-electron chi connectivity index (χ2n) is 5.74. The molecule has 0 spiro atoms. The number of phenolic OH excluding ortho intramolecular Hbond substituents is 2. The summed E-state index contributed by atoms with van der Waals surface area (Å²) >= 11 is 0. The molecule has 0 saturated carbocycles. The molecule has 3 N–H and O–H groups in total. The molecule has 0 unspecified atom stereocenters. The lowest BCUT2D eigenvalue weighted by Crippen LogP contribution is -2.17. The van der Waals surface area contributed by atoms with Gasteiger partial charge in [0, 0.05) is 5.57 Å². The van der Waals surface area contributed by atoms with Gasteiger partial charge in [0.1, 0.15) is 11.5 Å². The van der Waals surface area contributed by atoms with Gasteiger partial charge in [0.25, 0.3) is 0 Å². The molecule has 7 nitrogen and oxygen atoms in total. The molecule has 1 aliphatic carbocycles. The molecule has 1 aromatic rings. The van der Waals surface area contributed by atoms with Crippen LogP contribution in [0, 0.1) is 0 Å². The predicted molar refractivity (Wildman–Crippen MR) is 94.8 cm³/mol. The first kappa shape index (κ1) is 21.0. The van der Waals surface area contributed by atoms with Crippen LogP contribution < -0.4 is 0 Å². The number of hydrogen-bond donors (Lipinski definition) is 3. The van der Waals surface area contributed by atoms with Gasteiger partial charge in [-0.3, -0.25) is 9.59 Å². The van der Waals surface area contributed by atoms with Crippen molar-refractivity contribution in [3.63, 3.8) is 0 Å². The van der Waals surface area contributed by atoms with Crippen molar-refractivity contribution >= 4 is 17.7 Å². The van der Waals surface area contributed by atoms with E-state index in [1.165, 1.54) is 18.2 Å². The summed E-state index contributed by atoms with van der Waals surface area (Å²) in [5.41, 5.74) is 1.30. The number of aromatic hydroxyl groups is 2. The summed E-state index contributed by atoms with van der Waals surface area (Å²) in [6.45, 7) is 5.77. The molecule has 26 heavy (non-hydrogen) atoms. The lowest BCUT2D eigenvalue weighted by molar-refractivity contribution is 0.0964. The van der Waals surface area contributed by atoms with Gasteiger partial charge in [0.15, 0.2) is 11.6 Å². The number of hydrogen-bond acceptors (Lipinski definition) is 6. The molecule has 0 bridgehead atoms. The van der Waals surface area contributed by atoms with Crippen molar-refractivity contribution in [2.24, 2.45) is 0 Å². The van der Waals surface area contributed by atoms with Crippen LogP contribution in [0.5, 0.6) is 11.5 Å². The highest BCUT2D eigenvalue weighted by Crippen LogP contribution is 2.35. The molecule has 0 aromatic heterocycles. The molecule has 140 valence electrons. The SMILES string of the molecule is CC(C)=CCCC1=CC(=O)c2c(O)ccc(O)c2C1=O.CCOC(=O)O. The maximum atomic E-state index is 12.3. The second kappa shape index (κ2) is 9.41. The first-order valence-electron chi connectivity index (χ1n) is 8.02. The fraction of sp³-hybridized carbons (Fsp3) is 0.316. The van der Waals surface area contributed by atoms with E-state index in [4.69, 9.17) is 5.11 Å². The average molecular weight is 362 g/mol. The van der Waals surface area contributed by atoms with E-state index in [0.29, 0.717) is 18.4 Å². The Balaban J connectivity index is 0.000000487. The molecule has 0 fully saturated rings. The van der Waals surface area contributed by atoms with Gasteiger partial charge in [-0.1, -0.05) is 11.6 Å². The molecule has 1 aromatic carbocycles. The first-order chi connectivity index (χ1) is 12.2. The summed E-state index contributed by atoms with van der Waals surface area (Å²) in [7, 11) is 0. The Bertz CT molecular complexity index is 768. The van der Waals surface area contributed by atoms with Crippen LogP contribution >= 0.6 is 0 Å². The molecule has 2 rings (SSSR count). The largest absolute Gasteiger partial charge is 0.507 e. The van der Waals surface area contributed by atoms with Crippen LogP contribution in [0.15, 0.2) is 35.4 Å². The fourth-order valence-electron chi connectivity index (χ4n) is 2.34. The Morgan fingerprint density at radius 1 is 1.12 bits per heavy atom. The van der Waals surface area contributed by atoms with Crippen LogP contribution in [0.25, 0.3) is 0 Å². The number of rotatable bonds is 4. The number of ether oxygens (including phenoxy) is 1. The van der Waals surface area contributed by atoms with E-state index in [9.17, 15) is 24.6 Å². The number of carboxylic acid groups (broad SMARTS) is 1. The van der Waals surface area contributed by atoms with Gasteiger partial charge in [-0.2, -0.15) is 0 Å². The Hall–Kier alpha value is -3.09. The maximum Gasteiger partial charge on any atom is 0.505 e. The van der Waals surface area contributed by atoms with Gasteiger partial charge in [0.05, 0.1) is 17.7 Å². The monoisotopic (exact) mass is 362 g/mol. The van der Waals surface area contributed by atoms with Crippen LogP contribution in [0.1, 0.15) is 54.3 Å². The summed E-state index contributed by atoms with van der Waals surface area (Å²) in [6.07, 6.45) is 3.11. The lowest BCUT2D eigenvalue weighted by atomic mass is 9.86. The topological polar surface area (TPSA) is 121 Å². The van der Waals surface area contributed by atoms with Gasteiger partial charge in [-0.15, -0.1) is 0 Å². The molecular weight excluding hydrogens is 340 g/mol. The minimum Gasteiger partial charge on any atom is -0.507 e. The Labute approximate surface area is 151 Å². The Morgan fingerprint density at radius 3 is 2.15 bits per heavy atom. The van der Waals surface area contributed by atoms with Crippen molar-refractivity contribution in [2.75, 3.05) is 6.61 Å². The zero-order valence-electron chi connectivity index (χ0n) is 14.9. The summed E-state index contributed by atoms with van der Waals surface area (Å²) in [6, 6.07) is 2.43. The number of carbonyl (C=O) groups is 3. The van der Waals surface area contributed by atoms with E-state index in [0.717, 1.165) is 5.57 Å². The number of Topliss-reactive ketones (excluding diaryl/α,β-unsaturated/α-hetero) is 1. The molecule has 0 radical (unpaired) electrons. The summed E-state index contributed by atoms with van der Waals surface area (Å²) < 4.78 is 3.96. The smallest absolute Gasteiger partial charge is 0.505 e. The summed E-state index contributed by atoms with van der Waals surface area (Å²) in [4.78, 5) is 33.7.